The largest absolute Gasteiger partial charge is 0.494 e. The summed E-state index contributed by atoms with van der Waals surface area (Å²) < 4.78 is 29.4. The molecule has 1 aliphatic heterocycles. The van der Waals surface area contributed by atoms with Crippen molar-refractivity contribution in [3.05, 3.63) is 29.8 Å². The zero-order valence-corrected chi connectivity index (χ0v) is 10.4. The van der Waals surface area contributed by atoms with E-state index in [1.165, 1.54) is 7.11 Å². The van der Waals surface area contributed by atoms with E-state index in [1.54, 1.807) is 18.2 Å². The first kappa shape index (κ1) is 12.1. The van der Waals surface area contributed by atoms with Crippen molar-refractivity contribution in [1.29, 1.82) is 0 Å². The van der Waals surface area contributed by atoms with Gasteiger partial charge in [-0.05, 0) is 18.6 Å². The fraction of sp³-hybridized carbons (Fsp3) is 0.385. The molecule has 2 aromatic rings. The predicted octanol–water partition coefficient (Wildman–Crippen LogP) is 2.39. The molecule has 0 radical (unpaired) electrons. The zero-order chi connectivity index (χ0) is 13.2. The quantitative estimate of drug-likeness (QED) is 0.852. The van der Waals surface area contributed by atoms with Gasteiger partial charge in [0.1, 0.15) is 0 Å². The third-order valence-electron chi connectivity index (χ3n) is 3.15. The highest BCUT2D eigenvalue weighted by molar-refractivity contribution is 5.57. The van der Waals surface area contributed by atoms with Crippen LogP contribution in [0.25, 0.3) is 11.5 Å². The molecule has 1 atom stereocenters. The Labute approximate surface area is 109 Å². The summed E-state index contributed by atoms with van der Waals surface area (Å²) in [6, 6.07) is 4.81. The van der Waals surface area contributed by atoms with Gasteiger partial charge in [-0.25, -0.2) is 4.39 Å². The molecule has 0 unspecified atom stereocenters. The van der Waals surface area contributed by atoms with Crippen LogP contribution in [0.15, 0.2) is 22.7 Å². The molecule has 0 spiro atoms. The van der Waals surface area contributed by atoms with E-state index in [0.29, 0.717) is 19.0 Å². The molecular weight excluding hydrogens is 251 g/mol. The molecule has 3 rings (SSSR count). The van der Waals surface area contributed by atoms with Gasteiger partial charge in [-0.1, -0.05) is 11.2 Å². The number of benzene rings is 1. The van der Waals surface area contributed by atoms with Gasteiger partial charge in [0.15, 0.2) is 17.4 Å². The third-order valence-corrected chi connectivity index (χ3v) is 3.15. The molecule has 0 saturated carbocycles. The molecule has 0 N–H and O–H groups in total. The minimum Gasteiger partial charge on any atom is -0.494 e. The van der Waals surface area contributed by atoms with Gasteiger partial charge in [-0.15, -0.1) is 0 Å². The van der Waals surface area contributed by atoms with E-state index in [1.807, 2.05) is 0 Å². The Kier molecular flexibility index (Phi) is 3.16. The van der Waals surface area contributed by atoms with Crippen LogP contribution in [-0.2, 0) is 4.74 Å². The molecule has 1 aromatic heterocycles. The fourth-order valence-electron chi connectivity index (χ4n) is 2.08. The van der Waals surface area contributed by atoms with Crippen molar-refractivity contribution in [2.75, 3.05) is 20.3 Å². The summed E-state index contributed by atoms with van der Waals surface area (Å²) in [5.41, 5.74) is 0.247. The predicted molar refractivity (Wildman–Crippen MR) is 64.4 cm³/mol. The Morgan fingerprint density at radius 1 is 1.42 bits per heavy atom. The lowest BCUT2D eigenvalue weighted by Gasteiger charge is -2.03. The Hall–Kier alpha value is -1.95. The second-order valence-corrected chi connectivity index (χ2v) is 4.34. The SMILES string of the molecule is COc1cccc(-c2nc([C@H]3CCOC3)no2)c1F. The molecule has 2 heterocycles. The number of methoxy groups -OCH3 is 1. The topological polar surface area (TPSA) is 57.4 Å². The van der Waals surface area contributed by atoms with Crippen LogP contribution >= 0.6 is 0 Å². The monoisotopic (exact) mass is 264 g/mol. The van der Waals surface area contributed by atoms with Gasteiger partial charge in [-0.2, -0.15) is 4.98 Å². The number of hydrogen-bond acceptors (Lipinski definition) is 5. The summed E-state index contributed by atoms with van der Waals surface area (Å²) in [4.78, 5) is 4.25. The Morgan fingerprint density at radius 3 is 3.05 bits per heavy atom. The summed E-state index contributed by atoms with van der Waals surface area (Å²) in [6.45, 7) is 1.28. The lowest BCUT2D eigenvalue weighted by molar-refractivity contribution is 0.192. The Balaban J connectivity index is 1.94. The van der Waals surface area contributed by atoms with Gasteiger partial charge in [0.25, 0.3) is 5.89 Å². The highest BCUT2D eigenvalue weighted by Gasteiger charge is 2.24. The molecule has 19 heavy (non-hydrogen) atoms. The number of halogens is 1. The molecular formula is C13H13FN2O3. The highest BCUT2D eigenvalue weighted by atomic mass is 19.1. The van der Waals surface area contributed by atoms with E-state index < -0.39 is 5.82 Å². The van der Waals surface area contributed by atoms with E-state index in [-0.39, 0.29) is 23.1 Å². The molecule has 100 valence electrons. The van der Waals surface area contributed by atoms with Gasteiger partial charge >= 0.3 is 0 Å². The molecule has 6 heteroatoms. The van der Waals surface area contributed by atoms with Crippen molar-refractivity contribution in [1.82, 2.24) is 10.1 Å². The lowest BCUT2D eigenvalue weighted by atomic mass is 10.1. The minimum atomic E-state index is -0.497. The van der Waals surface area contributed by atoms with Crippen molar-refractivity contribution >= 4 is 0 Å². The summed E-state index contributed by atoms with van der Waals surface area (Å²) in [5, 5.41) is 3.90. The lowest BCUT2D eigenvalue weighted by Crippen LogP contribution is -1.99. The van der Waals surface area contributed by atoms with E-state index in [4.69, 9.17) is 14.0 Å². The molecule has 1 aliphatic rings. The van der Waals surface area contributed by atoms with Gasteiger partial charge in [0.05, 0.1) is 19.3 Å². The first-order valence-corrected chi connectivity index (χ1v) is 6.04. The van der Waals surface area contributed by atoms with Crippen LogP contribution in [0, 0.1) is 5.82 Å². The van der Waals surface area contributed by atoms with Crippen LogP contribution in [0.2, 0.25) is 0 Å². The fourth-order valence-corrected chi connectivity index (χ4v) is 2.08. The molecule has 1 saturated heterocycles. The molecule has 1 fully saturated rings. The first-order chi connectivity index (χ1) is 9.29. The van der Waals surface area contributed by atoms with Gasteiger partial charge < -0.3 is 14.0 Å². The van der Waals surface area contributed by atoms with Crippen molar-refractivity contribution in [2.24, 2.45) is 0 Å². The third kappa shape index (κ3) is 2.19. The average molecular weight is 264 g/mol. The summed E-state index contributed by atoms with van der Waals surface area (Å²) in [6.07, 6.45) is 0.861. The molecule has 5 nitrogen and oxygen atoms in total. The second-order valence-electron chi connectivity index (χ2n) is 4.34. The van der Waals surface area contributed by atoms with Crippen LogP contribution in [0.4, 0.5) is 4.39 Å². The number of ether oxygens (including phenoxy) is 2. The van der Waals surface area contributed by atoms with Crippen LogP contribution in [0.1, 0.15) is 18.2 Å². The maximum atomic E-state index is 14.1. The van der Waals surface area contributed by atoms with Gasteiger partial charge in [-0.3, -0.25) is 0 Å². The average Bonchev–Trinajstić information content (AvgIpc) is 3.09. The Morgan fingerprint density at radius 2 is 2.32 bits per heavy atom. The van der Waals surface area contributed by atoms with E-state index in [9.17, 15) is 4.39 Å². The molecule has 0 aliphatic carbocycles. The summed E-state index contributed by atoms with van der Waals surface area (Å²) in [5.74, 6) is 0.517. The number of aromatic nitrogens is 2. The molecule has 1 aromatic carbocycles. The summed E-state index contributed by atoms with van der Waals surface area (Å²) >= 11 is 0. The van der Waals surface area contributed by atoms with Crippen LogP contribution < -0.4 is 4.74 Å². The van der Waals surface area contributed by atoms with E-state index >= 15 is 0 Å². The normalized spacial score (nSPS) is 18.7. The van der Waals surface area contributed by atoms with Crippen molar-refractivity contribution in [2.45, 2.75) is 12.3 Å². The standard InChI is InChI=1S/C13H13FN2O3/c1-17-10-4-2-3-9(11(10)14)13-15-12(16-19-13)8-5-6-18-7-8/h2-4,8H,5-7H2,1H3/t8-/m0/s1. The van der Waals surface area contributed by atoms with Crippen molar-refractivity contribution < 1.29 is 18.4 Å². The zero-order valence-electron chi connectivity index (χ0n) is 10.4. The minimum absolute atomic E-state index is 0.131. The van der Waals surface area contributed by atoms with E-state index in [0.717, 1.165) is 6.42 Å². The highest BCUT2D eigenvalue weighted by Crippen LogP contribution is 2.30. The van der Waals surface area contributed by atoms with E-state index in [2.05, 4.69) is 10.1 Å². The molecule has 0 bridgehead atoms. The summed E-state index contributed by atoms with van der Waals surface area (Å²) in [7, 11) is 1.41. The van der Waals surface area contributed by atoms with Gasteiger partial charge in [0, 0.05) is 12.5 Å². The maximum absolute atomic E-state index is 14.1. The number of rotatable bonds is 3. The Bertz CT molecular complexity index is 579. The van der Waals surface area contributed by atoms with Crippen LogP contribution in [0.3, 0.4) is 0 Å². The van der Waals surface area contributed by atoms with Crippen molar-refractivity contribution in [3.8, 4) is 17.2 Å². The number of hydrogen-bond donors (Lipinski definition) is 0. The van der Waals surface area contributed by atoms with Crippen molar-refractivity contribution in [3.63, 3.8) is 0 Å². The molecule has 0 amide bonds. The van der Waals surface area contributed by atoms with Crippen LogP contribution in [-0.4, -0.2) is 30.5 Å². The first-order valence-electron chi connectivity index (χ1n) is 6.04. The second kappa shape index (κ2) is 4.97. The maximum Gasteiger partial charge on any atom is 0.261 e. The van der Waals surface area contributed by atoms with Crippen LogP contribution in [0.5, 0.6) is 5.75 Å². The van der Waals surface area contributed by atoms with Gasteiger partial charge in [0.2, 0.25) is 0 Å². The smallest absolute Gasteiger partial charge is 0.261 e. The number of nitrogens with zero attached hydrogens (tertiary/aromatic N) is 2.